The van der Waals surface area contributed by atoms with Crippen LogP contribution in [-0.2, 0) is 9.47 Å². The Hall–Kier alpha value is -0.380. The fraction of sp³-hybridized carbons (Fsp3) is 0.882. The molecule has 0 radical (unpaired) electrons. The van der Waals surface area contributed by atoms with Gasteiger partial charge in [-0.05, 0) is 65.2 Å². The lowest BCUT2D eigenvalue weighted by Crippen LogP contribution is -2.30. The Morgan fingerprint density at radius 3 is 2.85 bits per heavy atom. The third-order valence-corrected chi connectivity index (χ3v) is 3.92. The predicted octanol–water partition coefficient (Wildman–Crippen LogP) is 4.05. The van der Waals surface area contributed by atoms with Gasteiger partial charge in [-0.15, -0.1) is 0 Å². The normalized spacial score (nSPS) is 28.9. The molecular weight excluding hydrogens is 252 g/mol. The number of hydrogen-bond acceptors (Lipinski definition) is 3. The molecule has 0 spiro atoms. The van der Waals surface area contributed by atoms with Crippen LogP contribution in [0.3, 0.4) is 0 Å². The summed E-state index contributed by atoms with van der Waals surface area (Å²) in [6.07, 6.45) is 12.1. The van der Waals surface area contributed by atoms with Gasteiger partial charge in [0.2, 0.25) is 0 Å². The molecule has 1 N–H and O–H groups in total. The van der Waals surface area contributed by atoms with E-state index in [0.717, 1.165) is 45.1 Å². The van der Waals surface area contributed by atoms with Gasteiger partial charge in [-0.1, -0.05) is 18.6 Å². The summed E-state index contributed by atoms with van der Waals surface area (Å²) in [7, 11) is 0. The molecule has 3 heteroatoms. The summed E-state index contributed by atoms with van der Waals surface area (Å²) in [4.78, 5) is 0. The molecule has 0 heterocycles. The van der Waals surface area contributed by atoms with Gasteiger partial charge in [-0.2, -0.15) is 0 Å². The fourth-order valence-corrected chi connectivity index (χ4v) is 2.86. The number of rotatable bonds is 9. The monoisotopic (exact) mass is 284 g/mol. The second-order valence-electron chi connectivity index (χ2n) is 6.17. The van der Waals surface area contributed by atoms with Gasteiger partial charge in [-0.3, -0.25) is 0 Å². The summed E-state index contributed by atoms with van der Waals surface area (Å²) in [6, 6.07) is 0. The van der Waals surface area contributed by atoms with E-state index in [1.807, 2.05) is 20.8 Å². The Labute approximate surface area is 124 Å². The van der Waals surface area contributed by atoms with Crippen LogP contribution in [0.4, 0.5) is 0 Å². The topological polar surface area (TPSA) is 38.7 Å². The van der Waals surface area contributed by atoms with Crippen molar-refractivity contribution >= 4 is 0 Å². The van der Waals surface area contributed by atoms with Crippen LogP contribution in [0.5, 0.6) is 0 Å². The molecule has 0 bridgehead atoms. The third kappa shape index (κ3) is 8.03. The zero-order valence-corrected chi connectivity index (χ0v) is 13.4. The molecule has 1 aliphatic rings. The summed E-state index contributed by atoms with van der Waals surface area (Å²) >= 11 is 0. The summed E-state index contributed by atoms with van der Waals surface area (Å²) in [6.45, 7) is 7.36. The molecule has 1 aliphatic carbocycles. The SMILES string of the molecule is CCOC(C)OCCCC/C=C\C1CCCC(C)(O)C1. The first-order valence-electron chi connectivity index (χ1n) is 8.16. The van der Waals surface area contributed by atoms with Gasteiger partial charge < -0.3 is 14.6 Å². The van der Waals surface area contributed by atoms with E-state index in [1.165, 1.54) is 6.42 Å². The smallest absolute Gasteiger partial charge is 0.154 e. The molecular formula is C17H32O3. The van der Waals surface area contributed by atoms with Gasteiger partial charge in [0.05, 0.1) is 5.60 Å². The Morgan fingerprint density at radius 2 is 2.15 bits per heavy atom. The van der Waals surface area contributed by atoms with E-state index in [1.54, 1.807) is 0 Å². The minimum atomic E-state index is -0.448. The molecule has 1 fully saturated rings. The molecule has 20 heavy (non-hydrogen) atoms. The average Bonchev–Trinajstić information content (AvgIpc) is 2.37. The average molecular weight is 284 g/mol. The molecule has 0 aliphatic heterocycles. The highest BCUT2D eigenvalue weighted by atomic mass is 16.7. The van der Waals surface area contributed by atoms with Crippen molar-refractivity contribution < 1.29 is 14.6 Å². The molecule has 1 saturated carbocycles. The van der Waals surface area contributed by atoms with Gasteiger partial charge in [0.15, 0.2) is 6.29 Å². The van der Waals surface area contributed by atoms with Gasteiger partial charge >= 0.3 is 0 Å². The van der Waals surface area contributed by atoms with Crippen LogP contribution in [0, 0.1) is 5.92 Å². The van der Waals surface area contributed by atoms with Crippen LogP contribution in [0.15, 0.2) is 12.2 Å². The molecule has 3 nitrogen and oxygen atoms in total. The molecule has 1 rings (SSSR count). The molecule has 0 amide bonds. The maximum absolute atomic E-state index is 10.1. The largest absolute Gasteiger partial charge is 0.390 e. The number of unbranched alkanes of at least 4 members (excludes halogenated alkanes) is 2. The van der Waals surface area contributed by atoms with Crippen molar-refractivity contribution in [3.05, 3.63) is 12.2 Å². The molecule has 0 aromatic carbocycles. The summed E-state index contributed by atoms with van der Waals surface area (Å²) in [5, 5.41) is 10.1. The Balaban J connectivity index is 2.02. The van der Waals surface area contributed by atoms with Crippen LogP contribution in [0.1, 0.15) is 65.7 Å². The van der Waals surface area contributed by atoms with Crippen molar-refractivity contribution in [3.63, 3.8) is 0 Å². The lowest BCUT2D eigenvalue weighted by molar-refractivity contribution is -0.127. The van der Waals surface area contributed by atoms with Gasteiger partial charge in [-0.25, -0.2) is 0 Å². The molecule has 118 valence electrons. The fourth-order valence-electron chi connectivity index (χ4n) is 2.86. The second-order valence-corrected chi connectivity index (χ2v) is 6.17. The van der Waals surface area contributed by atoms with E-state index in [0.29, 0.717) is 12.5 Å². The van der Waals surface area contributed by atoms with Crippen molar-refractivity contribution in [1.29, 1.82) is 0 Å². The molecule has 0 aromatic heterocycles. The van der Waals surface area contributed by atoms with Crippen LogP contribution >= 0.6 is 0 Å². The van der Waals surface area contributed by atoms with Gasteiger partial charge in [0.1, 0.15) is 0 Å². The van der Waals surface area contributed by atoms with Crippen LogP contribution in [0.25, 0.3) is 0 Å². The Morgan fingerprint density at radius 1 is 1.35 bits per heavy atom. The molecule has 0 aromatic rings. The van der Waals surface area contributed by atoms with Crippen molar-refractivity contribution in [2.24, 2.45) is 5.92 Å². The second kappa shape index (κ2) is 9.54. The van der Waals surface area contributed by atoms with E-state index < -0.39 is 5.60 Å². The number of aliphatic hydroxyl groups is 1. The van der Waals surface area contributed by atoms with Crippen LogP contribution < -0.4 is 0 Å². The minimum Gasteiger partial charge on any atom is -0.390 e. The lowest BCUT2D eigenvalue weighted by atomic mass is 9.79. The zero-order chi connectivity index (χ0) is 14.8. The van der Waals surface area contributed by atoms with E-state index in [2.05, 4.69) is 12.2 Å². The minimum absolute atomic E-state index is 0.0833. The zero-order valence-electron chi connectivity index (χ0n) is 13.4. The quantitative estimate of drug-likeness (QED) is 0.394. The molecule has 0 saturated heterocycles. The van der Waals surface area contributed by atoms with E-state index in [-0.39, 0.29) is 6.29 Å². The molecule has 3 atom stereocenters. The van der Waals surface area contributed by atoms with Crippen molar-refractivity contribution in [2.45, 2.75) is 77.6 Å². The first kappa shape index (κ1) is 17.7. The van der Waals surface area contributed by atoms with Crippen molar-refractivity contribution in [2.75, 3.05) is 13.2 Å². The Bertz CT molecular complexity index is 273. The Kier molecular flexibility index (Phi) is 8.43. The van der Waals surface area contributed by atoms with Crippen molar-refractivity contribution in [1.82, 2.24) is 0 Å². The third-order valence-electron chi connectivity index (χ3n) is 3.92. The first-order valence-corrected chi connectivity index (χ1v) is 8.16. The predicted molar refractivity (Wildman–Crippen MR) is 82.6 cm³/mol. The number of hydrogen-bond donors (Lipinski definition) is 1. The maximum atomic E-state index is 10.1. The van der Waals surface area contributed by atoms with E-state index >= 15 is 0 Å². The van der Waals surface area contributed by atoms with Crippen LogP contribution in [0.2, 0.25) is 0 Å². The van der Waals surface area contributed by atoms with Gasteiger partial charge in [0, 0.05) is 13.2 Å². The van der Waals surface area contributed by atoms with E-state index in [9.17, 15) is 5.11 Å². The number of allylic oxidation sites excluding steroid dienone is 2. The van der Waals surface area contributed by atoms with Crippen LogP contribution in [-0.4, -0.2) is 30.2 Å². The molecule has 3 unspecified atom stereocenters. The summed E-state index contributed by atoms with van der Waals surface area (Å²) in [5.74, 6) is 0.563. The maximum Gasteiger partial charge on any atom is 0.154 e. The standard InChI is InChI=1S/C17H32O3/c1-4-19-15(2)20-13-8-6-5-7-10-16-11-9-12-17(3,18)14-16/h7,10,15-16,18H,4-6,8-9,11-14H2,1-3H3/b10-7-. The summed E-state index contributed by atoms with van der Waals surface area (Å²) < 4.78 is 10.8. The van der Waals surface area contributed by atoms with E-state index in [4.69, 9.17) is 9.47 Å². The number of ether oxygens (including phenoxy) is 2. The highest BCUT2D eigenvalue weighted by Gasteiger charge is 2.28. The lowest BCUT2D eigenvalue weighted by Gasteiger charge is -2.32. The highest BCUT2D eigenvalue weighted by molar-refractivity contribution is 4.94. The highest BCUT2D eigenvalue weighted by Crippen LogP contribution is 2.32. The van der Waals surface area contributed by atoms with Crippen molar-refractivity contribution in [3.8, 4) is 0 Å². The van der Waals surface area contributed by atoms with Gasteiger partial charge in [0.25, 0.3) is 0 Å². The first-order chi connectivity index (χ1) is 9.53. The summed E-state index contributed by atoms with van der Waals surface area (Å²) in [5.41, 5.74) is -0.448.